The molecule has 1 aromatic carbocycles. The lowest BCUT2D eigenvalue weighted by molar-refractivity contribution is -0.271. The van der Waals surface area contributed by atoms with E-state index in [0.29, 0.717) is 5.75 Å². The molecule has 6 nitrogen and oxygen atoms in total. The van der Waals surface area contributed by atoms with Gasteiger partial charge >= 0.3 is 6.18 Å². The Morgan fingerprint density at radius 3 is 2.56 bits per heavy atom. The largest absolute Gasteiger partial charge is 0.492 e. The topological polar surface area (TPSA) is 76.4 Å². The molecule has 1 amide bonds. The van der Waals surface area contributed by atoms with Gasteiger partial charge in [0.25, 0.3) is 0 Å². The van der Waals surface area contributed by atoms with Gasteiger partial charge < -0.3 is 19.7 Å². The third-order valence-corrected chi connectivity index (χ3v) is 3.51. The van der Waals surface area contributed by atoms with Gasteiger partial charge in [0.15, 0.2) is 5.82 Å². The molecule has 0 saturated carbocycles. The van der Waals surface area contributed by atoms with Crippen molar-refractivity contribution in [1.82, 2.24) is 14.9 Å². The zero-order valence-electron chi connectivity index (χ0n) is 13.5. The van der Waals surface area contributed by atoms with Crippen LogP contribution in [0.1, 0.15) is 12.2 Å². The molecule has 0 saturated heterocycles. The minimum absolute atomic E-state index is 0.00221. The predicted octanol–water partition coefficient (Wildman–Crippen LogP) is 1.76. The van der Waals surface area contributed by atoms with Crippen LogP contribution in [0, 0.1) is 0 Å². The number of nitrogens with one attached hydrogen (secondary N) is 1. The number of alkyl halides is 3. The summed E-state index contributed by atoms with van der Waals surface area (Å²) in [5.74, 6) is -1.02. The summed E-state index contributed by atoms with van der Waals surface area (Å²) in [6.45, 7) is 0.0881. The van der Waals surface area contributed by atoms with Crippen molar-refractivity contribution in [2.24, 2.45) is 7.05 Å². The molecule has 2 N–H and O–H groups in total. The first kappa shape index (κ1) is 18.8. The molecule has 0 fully saturated rings. The van der Waals surface area contributed by atoms with Gasteiger partial charge in [0.05, 0.1) is 13.0 Å². The van der Waals surface area contributed by atoms with Crippen LogP contribution in [0.15, 0.2) is 42.7 Å². The average molecular weight is 357 g/mol. The molecule has 25 heavy (non-hydrogen) atoms. The summed E-state index contributed by atoms with van der Waals surface area (Å²) < 4.78 is 46.3. The van der Waals surface area contributed by atoms with E-state index in [-0.39, 0.29) is 13.2 Å². The summed E-state index contributed by atoms with van der Waals surface area (Å²) in [5, 5.41) is 12.4. The van der Waals surface area contributed by atoms with E-state index in [1.807, 2.05) is 6.07 Å². The monoisotopic (exact) mass is 357 g/mol. The van der Waals surface area contributed by atoms with E-state index in [2.05, 4.69) is 10.3 Å². The Labute approximate surface area is 142 Å². The highest BCUT2D eigenvalue weighted by Gasteiger charge is 2.58. The smallest absolute Gasteiger partial charge is 0.425 e. The third-order valence-electron chi connectivity index (χ3n) is 3.51. The molecule has 0 aliphatic rings. The van der Waals surface area contributed by atoms with Crippen LogP contribution in [0.5, 0.6) is 5.75 Å². The molecule has 0 spiro atoms. The molecule has 0 aliphatic carbocycles. The number of ether oxygens (including phenoxy) is 1. The van der Waals surface area contributed by atoms with Crippen molar-refractivity contribution in [3.8, 4) is 5.75 Å². The second-order valence-electron chi connectivity index (χ2n) is 5.41. The predicted molar refractivity (Wildman–Crippen MR) is 82.7 cm³/mol. The fourth-order valence-corrected chi connectivity index (χ4v) is 2.24. The van der Waals surface area contributed by atoms with Crippen LogP contribution in [-0.2, 0) is 17.4 Å². The molecule has 0 aliphatic heterocycles. The number of rotatable bonds is 7. The van der Waals surface area contributed by atoms with Gasteiger partial charge in [-0.3, -0.25) is 4.79 Å². The summed E-state index contributed by atoms with van der Waals surface area (Å²) in [5.41, 5.74) is -3.37. The van der Waals surface area contributed by atoms with Gasteiger partial charge in [-0.1, -0.05) is 18.2 Å². The second-order valence-corrected chi connectivity index (χ2v) is 5.41. The molecular weight excluding hydrogens is 339 g/mol. The lowest BCUT2D eigenvalue weighted by Gasteiger charge is -2.29. The number of carbonyl (C=O) groups excluding carboxylic acids is 1. The number of aliphatic hydroxyl groups is 1. The van der Waals surface area contributed by atoms with Gasteiger partial charge in [-0.05, 0) is 12.1 Å². The number of aryl methyl sites for hydroxylation is 1. The first-order valence-electron chi connectivity index (χ1n) is 7.45. The number of hydrogen-bond donors (Lipinski definition) is 2. The molecule has 1 atom stereocenters. The van der Waals surface area contributed by atoms with Crippen LogP contribution in [-0.4, -0.2) is 39.9 Å². The van der Waals surface area contributed by atoms with Crippen molar-refractivity contribution >= 4 is 5.91 Å². The lowest BCUT2D eigenvalue weighted by Crippen LogP contribution is -2.48. The van der Waals surface area contributed by atoms with Gasteiger partial charge in [-0.2, -0.15) is 13.2 Å². The molecule has 0 bridgehead atoms. The molecule has 2 rings (SSSR count). The fourth-order valence-electron chi connectivity index (χ4n) is 2.24. The van der Waals surface area contributed by atoms with Crippen molar-refractivity contribution in [1.29, 1.82) is 0 Å². The Hall–Kier alpha value is -2.55. The Morgan fingerprint density at radius 2 is 2.00 bits per heavy atom. The maximum Gasteiger partial charge on any atom is 0.425 e. The Morgan fingerprint density at radius 1 is 1.32 bits per heavy atom. The van der Waals surface area contributed by atoms with Gasteiger partial charge in [0, 0.05) is 19.4 Å². The number of nitrogens with zero attached hydrogens (tertiary/aromatic N) is 2. The van der Waals surface area contributed by atoms with E-state index in [1.165, 1.54) is 13.2 Å². The number of amides is 1. The van der Waals surface area contributed by atoms with Crippen molar-refractivity contribution in [2.45, 2.75) is 18.2 Å². The number of hydrogen-bond acceptors (Lipinski definition) is 4. The highest BCUT2D eigenvalue weighted by Crippen LogP contribution is 2.40. The Kier molecular flexibility index (Phi) is 5.68. The number of para-hydroxylation sites is 1. The summed E-state index contributed by atoms with van der Waals surface area (Å²) in [6.07, 6.45) is -3.86. The zero-order valence-corrected chi connectivity index (χ0v) is 13.5. The summed E-state index contributed by atoms with van der Waals surface area (Å²) in [4.78, 5) is 15.4. The van der Waals surface area contributed by atoms with Crippen LogP contribution in [0.3, 0.4) is 0 Å². The van der Waals surface area contributed by atoms with Crippen molar-refractivity contribution in [3.05, 3.63) is 48.5 Å². The van der Waals surface area contributed by atoms with E-state index in [1.54, 1.807) is 24.3 Å². The third kappa shape index (κ3) is 4.50. The minimum atomic E-state index is -5.05. The number of imidazole rings is 1. The van der Waals surface area contributed by atoms with E-state index >= 15 is 0 Å². The minimum Gasteiger partial charge on any atom is -0.492 e. The van der Waals surface area contributed by atoms with Gasteiger partial charge in [-0.25, -0.2) is 4.98 Å². The number of aromatic nitrogens is 2. The summed E-state index contributed by atoms with van der Waals surface area (Å²) in [7, 11) is 1.31. The average Bonchev–Trinajstić information content (AvgIpc) is 2.98. The maximum atomic E-state index is 13.3. The van der Waals surface area contributed by atoms with Crippen LogP contribution in [0.2, 0.25) is 0 Å². The zero-order chi connectivity index (χ0) is 18.5. The van der Waals surface area contributed by atoms with E-state index in [4.69, 9.17) is 4.74 Å². The molecule has 0 radical (unpaired) electrons. The standard InChI is InChI=1S/C16H18F3N3O3/c1-22-9-7-21-14(22)15(24,16(17,18)19)11-13(23)20-8-10-25-12-5-3-2-4-6-12/h2-7,9,24H,8,10-11H2,1H3,(H,20,23). The maximum absolute atomic E-state index is 13.3. The van der Waals surface area contributed by atoms with Crippen molar-refractivity contribution in [2.75, 3.05) is 13.2 Å². The molecule has 1 aromatic heterocycles. The van der Waals surface area contributed by atoms with Crippen LogP contribution < -0.4 is 10.1 Å². The lowest BCUT2D eigenvalue weighted by atomic mass is 9.97. The fraction of sp³-hybridized carbons (Fsp3) is 0.375. The van der Waals surface area contributed by atoms with Crippen LogP contribution >= 0.6 is 0 Å². The Balaban J connectivity index is 1.93. The van der Waals surface area contributed by atoms with E-state index < -0.39 is 29.9 Å². The second kappa shape index (κ2) is 7.56. The molecule has 1 unspecified atom stereocenters. The first-order chi connectivity index (χ1) is 11.7. The van der Waals surface area contributed by atoms with Crippen molar-refractivity contribution < 1.29 is 27.8 Å². The molecule has 9 heteroatoms. The highest BCUT2D eigenvalue weighted by molar-refractivity contribution is 5.77. The van der Waals surface area contributed by atoms with Gasteiger partial charge in [0.2, 0.25) is 11.5 Å². The van der Waals surface area contributed by atoms with Gasteiger partial charge in [-0.15, -0.1) is 0 Å². The van der Waals surface area contributed by atoms with E-state index in [9.17, 15) is 23.1 Å². The SMILES string of the molecule is Cn1ccnc1C(O)(CC(=O)NCCOc1ccccc1)C(F)(F)F. The van der Waals surface area contributed by atoms with Crippen LogP contribution in [0.4, 0.5) is 13.2 Å². The molecule has 136 valence electrons. The summed E-state index contributed by atoms with van der Waals surface area (Å²) >= 11 is 0. The van der Waals surface area contributed by atoms with Crippen molar-refractivity contribution in [3.63, 3.8) is 0 Å². The van der Waals surface area contributed by atoms with E-state index in [0.717, 1.165) is 10.8 Å². The first-order valence-corrected chi connectivity index (χ1v) is 7.45. The molecule has 1 heterocycles. The normalized spacial score (nSPS) is 14.0. The molecule has 2 aromatic rings. The highest BCUT2D eigenvalue weighted by atomic mass is 19.4. The van der Waals surface area contributed by atoms with Gasteiger partial charge in [0.1, 0.15) is 12.4 Å². The summed E-state index contributed by atoms with van der Waals surface area (Å²) in [6, 6.07) is 8.77. The molecular formula is C16H18F3N3O3. The van der Waals surface area contributed by atoms with Crippen LogP contribution in [0.25, 0.3) is 0 Å². The number of carbonyl (C=O) groups is 1. The number of benzene rings is 1. The quantitative estimate of drug-likeness (QED) is 0.741. The number of halogens is 3. The Bertz CT molecular complexity index is 703.